The molecule has 0 spiro atoms. The van der Waals surface area contributed by atoms with Crippen LogP contribution in [-0.4, -0.2) is 56.5 Å². The maximum Gasteiger partial charge on any atom is 0.193 e. The summed E-state index contributed by atoms with van der Waals surface area (Å²) in [4.78, 5) is 6.87. The summed E-state index contributed by atoms with van der Waals surface area (Å²) in [6.07, 6.45) is 1.13. The first-order valence-corrected chi connectivity index (χ1v) is 9.74. The highest BCUT2D eigenvalue weighted by Gasteiger charge is 2.18. The average molecular weight is 481 g/mol. The SMILES string of the molecule is CCNC(=NCCSCc1ccccc1F)N(C)CC1CCOC1.I. The highest BCUT2D eigenvalue weighted by molar-refractivity contribution is 14.0. The predicted molar refractivity (Wildman–Crippen MR) is 116 cm³/mol. The molecule has 1 heterocycles. The van der Waals surface area contributed by atoms with Crippen molar-refractivity contribution in [3.05, 3.63) is 35.6 Å². The molecule has 1 atom stereocenters. The van der Waals surface area contributed by atoms with E-state index < -0.39 is 0 Å². The first kappa shape index (κ1) is 22.5. The number of nitrogens with one attached hydrogen (secondary N) is 1. The molecule has 1 fully saturated rings. The average Bonchev–Trinajstić information content (AvgIpc) is 3.08. The van der Waals surface area contributed by atoms with Gasteiger partial charge in [-0.3, -0.25) is 4.99 Å². The van der Waals surface area contributed by atoms with Crippen LogP contribution in [0.1, 0.15) is 18.9 Å². The van der Waals surface area contributed by atoms with Crippen LogP contribution >= 0.6 is 35.7 Å². The van der Waals surface area contributed by atoms with E-state index in [0.717, 1.165) is 56.5 Å². The second-order valence-electron chi connectivity index (χ2n) is 5.99. The molecule has 142 valence electrons. The fourth-order valence-electron chi connectivity index (χ4n) is 2.68. The Balaban J connectivity index is 0.00000312. The first-order valence-electron chi connectivity index (χ1n) is 8.59. The first-order chi connectivity index (χ1) is 11.7. The lowest BCUT2D eigenvalue weighted by atomic mass is 10.1. The number of thioether (sulfide) groups is 1. The molecule has 0 bridgehead atoms. The minimum atomic E-state index is -0.125. The van der Waals surface area contributed by atoms with Crippen molar-refractivity contribution in [2.24, 2.45) is 10.9 Å². The molecule has 4 nitrogen and oxygen atoms in total. The number of halogens is 2. The third kappa shape index (κ3) is 8.13. The number of ether oxygens (including phenoxy) is 1. The van der Waals surface area contributed by atoms with Crippen molar-refractivity contribution in [2.45, 2.75) is 19.1 Å². The molecule has 1 aromatic carbocycles. The van der Waals surface area contributed by atoms with Gasteiger partial charge in [-0.1, -0.05) is 18.2 Å². The van der Waals surface area contributed by atoms with Gasteiger partial charge >= 0.3 is 0 Å². The van der Waals surface area contributed by atoms with Crippen LogP contribution in [0.15, 0.2) is 29.3 Å². The lowest BCUT2D eigenvalue weighted by Crippen LogP contribution is -2.41. The minimum absolute atomic E-state index is 0. The molecule has 0 radical (unpaired) electrons. The fraction of sp³-hybridized carbons (Fsp3) is 0.611. The molecule has 1 saturated heterocycles. The maximum absolute atomic E-state index is 13.6. The van der Waals surface area contributed by atoms with Gasteiger partial charge in [-0.05, 0) is 25.0 Å². The van der Waals surface area contributed by atoms with E-state index in [0.29, 0.717) is 11.7 Å². The van der Waals surface area contributed by atoms with Crippen molar-refractivity contribution in [1.29, 1.82) is 0 Å². The van der Waals surface area contributed by atoms with E-state index in [1.807, 2.05) is 12.1 Å². The zero-order valence-electron chi connectivity index (χ0n) is 15.0. The van der Waals surface area contributed by atoms with Gasteiger partial charge in [0, 0.05) is 44.2 Å². The number of hydrogen-bond donors (Lipinski definition) is 1. The van der Waals surface area contributed by atoms with Crippen LogP contribution in [0.2, 0.25) is 0 Å². The number of nitrogens with zero attached hydrogens (tertiary/aromatic N) is 2. The second kappa shape index (κ2) is 12.8. The summed E-state index contributed by atoms with van der Waals surface area (Å²) >= 11 is 1.71. The zero-order chi connectivity index (χ0) is 17.2. The van der Waals surface area contributed by atoms with Gasteiger partial charge in [0.05, 0.1) is 13.2 Å². The Hall–Kier alpha value is -0.540. The summed E-state index contributed by atoms with van der Waals surface area (Å²) < 4.78 is 19.0. The predicted octanol–water partition coefficient (Wildman–Crippen LogP) is 3.61. The summed E-state index contributed by atoms with van der Waals surface area (Å²) in [7, 11) is 2.08. The highest BCUT2D eigenvalue weighted by Crippen LogP contribution is 2.15. The quantitative estimate of drug-likeness (QED) is 0.267. The molecule has 0 aliphatic carbocycles. The van der Waals surface area contributed by atoms with Crippen molar-refractivity contribution >= 4 is 41.7 Å². The monoisotopic (exact) mass is 481 g/mol. The Morgan fingerprint density at radius 1 is 1.44 bits per heavy atom. The number of rotatable bonds is 8. The molecule has 1 unspecified atom stereocenters. The zero-order valence-corrected chi connectivity index (χ0v) is 18.2. The Kier molecular flexibility index (Phi) is 11.5. The van der Waals surface area contributed by atoms with E-state index >= 15 is 0 Å². The summed E-state index contributed by atoms with van der Waals surface area (Å²) in [6.45, 7) is 6.35. The van der Waals surface area contributed by atoms with Crippen LogP contribution in [0, 0.1) is 11.7 Å². The smallest absolute Gasteiger partial charge is 0.193 e. The molecule has 0 amide bonds. The normalized spacial score (nSPS) is 17.2. The molecule has 0 saturated carbocycles. The maximum atomic E-state index is 13.6. The van der Waals surface area contributed by atoms with Gasteiger partial charge in [0.1, 0.15) is 5.82 Å². The summed E-state index contributed by atoms with van der Waals surface area (Å²) in [5.41, 5.74) is 0.761. The number of hydrogen-bond acceptors (Lipinski definition) is 3. The van der Waals surface area contributed by atoms with E-state index in [-0.39, 0.29) is 29.8 Å². The van der Waals surface area contributed by atoms with Crippen LogP contribution in [-0.2, 0) is 10.5 Å². The Labute approximate surface area is 172 Å². The van der Waals surface area contributed by atoms with E-state index in [2.05, 4.69) is 29.2 Å². The van der Waals surface area contributed by atoms with Gasteiger partial charge in [0.15, 0.2) is 5.96 Å². The third-order valence-corrected chi connectivity index (χ3v) is 4.95. The van der Waals surface area contributed by atoms with Gasteiger partial charge < -0.3 is 15.0 Å². The minimum Gasteiger partial charge on any atom is -0.381 e. The number of aliphatic imine (C=N–C) groups is 1. The van der Waals surface area contributed by atoms with E-state index in [9.17, 15) is 4.39 Å². The van der Waals surface area contributed by atoms with Gasteiger partial charge in [0.2, 0.25) is 0 Å². The third-order valence-electron chi connectivity index (χ3n) is 3.97. The molecule has 0 aromatic heterocycles. The molecule has 1 aromatic rings. The van der Waals surface area contributed by atoms with E-state index in [1.165, 1.54) is 6.07 Å². The number of benzene rings is 1. The standard InChI is InChI=1S/C18H28FN3OS.HI/c1-3-20-18(22(2)12-15-8-10-23-13-15)21-9-11-24-14-16-6-4-5-7-17(16)19;/h4-7,15H,3,8-14H2,1-2H3,(H,20,21);1H. The molecule has 1 N–H and O–H groups in total. The summed E-state index contributed by atoms with van der Waals surface area (Å²) in [5.74, 6) is 2.97. The van der Waals surface area contributed by atoms with Crippen LogP contribution in [0.4, 0.5) is 4.39 Å². The van der Waals surface area contributed by atoms with Crippen molar-refractivity contribution in [2.75, 3.05) is 45.6 Å². The molecule has 1 aliphatic rings. The van der Waals surface area contributed by atoms with Crippen molar-refractivity contribution in [3.63, 3.8) is 0 Å². The second-order valence-corrected chi connectivity index (χ2v) is 7.09. The van der Waals surface area contributed by atoms with Crippen molar-refractivity contribution in [1.82, 2.24) is 10.2 Å². The lowest BCUT2D eigenvalue weighted by molar-refractivity contribution is 0.181. The van der Waals surface area contributed by atoms with Crippen LogP contribution in [0.3, 0.4) is 0 Å². The van der Waals surface area contributed by atoms with Gasteiger partial charge in [-0.2, -0.15) is 11.8 Å². The van der Waals surface area contributed by atoms with E-state index in [4.69, 9.17) is 4.74 Å². The van der Waals surface area contributed by atoms with E-state index in [1.54, 1.807) is 17.8 Å². The topological polar surface area (TPSA) is 36.9 Å². The van der Waals surface area contributed by atoms with Crippen LogP contribution < -0.4 is 5.32 Å². The summed E-state index contributed by atoms with van der Waals surface area (Å²) in [6, 6.07) is 6.95. The molecular weight excluding hydrogens is 452 g/mol. The van der Waals surface area contributed by atoms with Crippen LogP contribution in [0.25, 0.3) is 0 Å². The molecular formula is C18H29FIN3OS. The van der Waals surface area contributed by atoms with Crippen LogP contribution in [0.5, 0.6) is 0 Å². The Bertz CT molecular complexity index is 527. The molecule has 25 heavy (non-hydrogen) atoms. The lowest BCUT2D eigenvalue weighted by Gasteiger charge is -2.24. The van der Waals surface area contributed by atoms with Gasteiger partial charge in [-0.25, -0.2) is 4.39 Å². The molecule has 1 aliphatic heterocycles. The fourth-order valence-corrected chi connectivity index (χ4v) is 3.50. The largest absolute Gasteiger partial charge is 0.381 e. The molecule has 2 rings (SSSR count). The van der Waals surface area contributed by atoms with Crippen molar-refractivity contribution in [3.8, 4) is 0 Å². The Morgan fingerprint density at radius 3 is 2.92 bits per heavy atom. The molecule has 7 heteroatoms. The van der Waals surface area contributed by atoms with Crippen molar-refractivity contribution < 1.29 is 9.13 Å². The summed E-state index contributed by atoms with van der Waals surface area (Å²) in [5, 5.41) is 3.34. The van der Waals surface area contributed by atoms with Gasteiger partial charge in [-0.15, -0.1) is 24.0 Å². The number of guanidine groups is 1. The van der Waals surface area contributed by atoms with Gasteiger partial charge in [0.25, 0.3) is 0 Å². The highest BCUT2D eigenvalue weighted by atomic mass is 127. The Morgan fingerprint density at radius 2 is 2.24 bits per heavy atom.